The van der Waals surface area contributed by atoms with Gasteiger partial charge in [0.25, 0.3) is 5.91 Å². The molecule has 0 bridgehead atoms. The Kier molecular flexibility index (Phi) is 9.57. The molecule has 1 amide bonds. The Morgan fingerprint density at radius 1 is 1.27 bits per heavy atom. The highest BCUT2D eigenvalue weighted by Crippen LogP contribution is 2.22. The number of likely N-dealkylation sites (tertiary alicyclic amines) is 1. The van der Waals surface area contributed by atoms with Gasteiger partial charge in [0.1, 0.15) is 0 Å². The number of benzene rings is 1. The first-order chi connectivity index (χ1) is 12.0. The molecule has 0 aromatic heterocycles. The molecule has 0 unspecified atom stereocenters. The molecule has 0 spiro atoms. The summed E-state index contributed by atoms with van der Waals surface area (Å²) < 4.78 is 30.6. The van der Waals surface area contributed by atoms with Crippen molar-refractivity contribution in [3.8, 4) is 0 Å². The van der Waals surface area contributed by atoms with Crippen molar-refractivity contribution < 1.29 is 17.9 Å². The van der Waals surface area contributed by atoms with Crippen molar-refractivity contribution in [2.45, 2.75) is 43.6 Å². The van der Waals surface area contributed by atoms with E-state index in [9.17, 15) is 13.2 Å². The number of amides is 1. The van der Waals surface area contributed by atoms with Crippen LogP contribution in [0.25, 0.3) is 0 Å². The third-order valence-corrected chi connectivity index (χ3v) is 6.33. The van der Waals surface area contributed by atoms with Crippen LogP contribution in [0.5, 0.6) is 0 Å². The van der Waals surface area contributed by atoms with Crippen LogP contribution in [-0.4, -0.2) is 57.3 Å². The topological polar surface area (TPSA) is 89.7 Å². The molecule has 8 heteroatoms. The highest BCUT2D eigenvalue weighted by Gasteiger charge is 2.28. The summed E-state index contributed by atoms with van der Waals surface area (Å²) in [7, 11) is -3.43. The third kappa shape index (κ3) is 5.94. The summed E-state index contributed by atoms with van der Waals surface area (Å²) in [5.74, 6) is -0.162. The van der Waals surface area contributed by atoms with Gasteiger partial charge in [-0.05, 0) is 44.4 Å². The van der Waals surface area contributed by atoms with Crippen LogP contribution in [0.2, 0.25) is 0 Å². The van der Waals surface area contributed by atoms with E-state index in [0.29, 0.717) is 32.7 Å². The van der Waals surface area contributed by atoms with Gasteiger partial charge < -0.3 is 15.4 Å². The smallest absolute Gasteiger partial charge is 0.255 e. The van der Waals surface area contributed by atoms with Crippen LogP contribution in [-0.2, 0) is 14.6 Å². The molecule has 1 heterocycles. The molecular formula is C18H29ClN2O4S. The van der Waals surface area contributed by atoms with Crippen molar-refractivity contribution in [3.63, 3.8) is 0 Å². The van der Waals surface area contributed by atoms with Crippen molar-refractivity contribution in [1.82, 2.24) is 4.90 Å². The van der Waals surface area contributed by atoms with Crippen LogP contribution in [0.15, 0.2) is 29.2 Å². The maximum Gasteiger partial charge on any atom is 0.255 e. The van der Waals surface area contributed by atoms with Gasteiger partial charge in [0.2, 0.25) is 0 Å². The zero-order valence-electron chi connectivity index (χ0n) is 15.2. The average Bonchev–Trinajstić information content (AvgIpc) is 2.62. The van der Waals surface area contributed by atoms with Gasteiger partial charge >= 0.3 is 0 Å². The fourth-order valence-electron chi connectivity index (χ4n) is 3.02. The molecule has 0 aliphatic carbocycles. The van der Waals surface area contributed by atoms with Crippen LogP contribution >= 0.6 is 12.4 Å². The Morgan fingerprint density at radius 2 is 1.92 bits per heavy atom. The number of hydrogen-bond donors (Lipinski definition) is 1. The molecule has 0 saturated carbocycles. The summed E-state index contributed by atoms with van der Waals surface area (Å²) in [6.07, 6.45) is 3.04. The Bertz CT molecular complexity index is 674. The van der Waals surface area contributed by atoms with Crippen LogP contribution < -0.4 is 5.73 Å². The highest BCUT2D eigenvalue weighted by molar-refractivity contribution is 7.91. The first-order valence-electron chi connectivity index (χ1n) is 8.92. The normalized spacial score (nSPS) is 15.5. The van der Waals surface area contributed by atoms with Gasteiger partial charge in [0.05, 0.1) is 22.3 Å². The molecule has 26 heavy (non-hydrogen) atoms. The lowest BCUT2D eigenvalue weighted by atomic mass is 10.1. The van der Waals surface area contributed by atoms with Gasteiger partial charge in [-0.15, -0.1) is 12.4 Å². The second kappa shape index (κ2) is 10.9. The lowest BCUT2D eigenvalue weighted by Crippen LogP contribution is -2.41. The number of halogens is 1. The number of hydrogen-bond acceptors (Lipinski definition) is 5. The van der Waals surface area contributed by atoms with Crippen LogP contribution in [0.4, 0.5) is 0 Å². The fraction of sp³-hybridized carbons (Fsp3) is 0.611. The van der Waals surface area contributed by atoms with E-state index in [1.54, 1.807) is 23.1 Å². The summed E-state index contributed by atoms with van der Waals surface area (Å²) in [6.45, 7) is 4.23. The predicted octanol–water partition coefficient (Wildman–Crippen LogP) is 2.26. The minimum absolute atomic E-state index is 0. The molecule has 148 valence electrons. The molecule has 0 atom stereocenters. The van der Waals surface area contributed by atoms with Crippen LogP contribution in [0.1, 0.15) is 43.0 Å². The monoisotopic (exact) mass is 404 g/mol. The fourth-order valence-corrected chi connectivity index (χ4v) is 4.56. The molecule has 1 aromatic carbocycles. The number of nitrogens with zero attached hydrogens (tertiary/aromatic N) is 1. The van der Waals surface area contributed by atoms with Gasteiger partial charge in [-0.2, -0.15) is 0 Å². The van der Waals surface area contributed by atoms with Gasteiger partial charge in [-0.25, -0.2) is 8.42 Å². The summed E-state index contributed by atoms with van der Waals surface area (Å²) in [4.78, 5) is 14.7. The second-order valence-electron chi connectivity index (χ2n) is 6.32. The minimum atomic E-state index is -3.43. The molecule has 2 rings (SSSR count). The lowest BCUT2D eigenvalue weighted by Gasteiger charge is -2.32. The number of rotatable bonds is 8. The van der Waals surface area contributed by atoms with Gasteiger partial charge in [0, 0.05) is 19.7 Å². The Labute approximate surface area is 162 Å². The van der Waals surface area contributed by atoms with E-state index in [-0.39, 0.29) is 40.6 Å². The Morgan fingerprint density at radius 3 is 2.54 bits per heavy atom. The van der Waals surface area contributed by atoms with Crippen molar-refractivity contribution in [1.29, 1.82) is 0 Å². The van der Waals surface area contributed by atoms with Crippen molar-refractivity contribution in [3.05, 3.63) is 29.8 Å². The number of carbonyl (C=O) groups excluding carboxylic acids is 1. The van der Waals surface area contributed by atoms with E-state index in [2.05, 4.69) is 0 Å². The van der Waals surface area contributed by atoms with Gasteiger partial charge in [-0.1, -0.05) is 19.1 Å². The third-order valence-electron chi connectivity index (χ3n) is 4.36. The molecule has 0 radical (unpaired) electrons. The van der Waals surface area contributed by atoms with Crippen LogP contribution in [0, 0.1) is 0 Å². The molecule has 1 aromatic rings. The summed E-state index contributed by atoms with van der Waals surface area (Å²) in [5.41, 5.74) is 5.74. The first-order valence-corrected chi connectivity index (χ1v) is 10.6. The van der Waals surface area contributed by atoms with Crippen LogP contribution in [0.3, 0.4) is 0 Å². The summed E-state index contributed by atoms with van der Waals surface area (Å²) in [6, 6.07) is 6.51. The quantitative estimate of drug-likeness (QED) is 0.671. The van der Waals surface area contributed by atoms with E-state index in [4.69, 9.17) is 10.5 Å². The zero-order chi connectivity index (χ0) is 18.3. The largest absolute Gasteiger partial charge is 0.378 e. The van der Waals surface area contributed by atoms with Crippen molar-refractivity contribution >= 4 is 28.2 Å². The molecular weight excluding hydrogens is 376 g/mol. The number of carbonyl (C=O) groups is 1. The number of piperidine rings is 1. The van der Waals surface area contributed by atoms with E-state index in [0.717, 1.165) is 19.3 Å². The van der Waals surface area contributed by atoms with Gasteiger partial charge in [0.15, 0.2) is 9.84 Å². The summed E-state index contributed by atoms with van der Waals surface area (Å²) >= 11 is 0. The SMILES string of the molecule is CCCS(=O)(=O)c1ccccc1C(=O)N1CCC(OCCCN)CC1.Cl. The summed E-state index contributed by atoms with van der Waals surface area (Å²) in [5, 5.41) is 0. The molecule has 1 fully saturated rings. The zero-order valence-corrected chi connectivity index (χ0v) is 16.9. The molecule has 1 aliphatic heterocycles. The maximum atomic E-state index is 12.8. The number of sulfone groups is 1. The first kappa shape index (κ1) is 22.9. The average molecular weight is 405 g/mol. The minimum Gasteiger partial charge on any atom is -0.378 e. The Hall–Kier alpha value is -1.15. The van der Waals surface area contributed by atoms with Crippen molar-refractivity contribution in [2.75, 3.05) is 32.0 Å². The maximum absolute atomic E-state index is 12.8. The standard InChI is InChI=1S/C18H28N2O4S.ClH/c1-2-14-25(22,23)17-7-4-3-6-16(17)18(21)20-11-8-15(9-12-20)24-13-5-10-19;/h3-4,6-7,15H,2,5,8-14,19H2,1H3;1H. The van der Waals surface area contributed by atoms with E-state index in [1.807, 2.05) is 6.92 Å². The molecule has 1 saturated heterocycles. The second-order valence-corrected chi connectivity index (χ2v) is 8.40. The van der Waals surface area contributed by atoms with Gasteiger partial charge in [-0.3, -0.25) is 4.79 Å². The predicted molar refractivity (Wildman–Crippen MR) is 105 cm³/mol. The number of ether oxygens (including phenoxy) is 1. The molecule has 1 aliphatic rings. The van der Waals surface area contributed by atoms with Crippen molar-refractivity contribution in [2.24, 2.45) is 5.73 Å². The highest BCUT2D eigenvalue weighted by atomic mass is 35.5. The molecule has 2 N–H and O–H groups in total. The molecule has 6 nitrogen and oxygen atoms in total. The van der Waals surface area contributed by atoms with E-state index in [1.165, 1.54) is 6.07 Å². The Balaban J connectivity index is 0.00000338. The lowest BCUT2D eigenvalue weighted by molar-refractivity contribution is 0.00834. The van der Waals surface area contributed by atoms with E-state index >= 15 is 0 Å². The van der Waals surface area contributed by atoms with E-state index < -0.39 is 9.84 Å². The number of nitrogens with two attached hydrogens (primary N) is 1.